The molecule has 2 bridgehead atoms. The quantitative estimate of drug-likeness (QED) is 0.153. The van der Waals surface area contributed by atoms with E-state index in [-0.39, 0.29) is 32.5 Å². The van der Waals surface area contributed by atoms with Crippen molar-refractivity contribution in [1.82, 2.24) is 13.8 Å². The largest absolute Gasteiger partial charge is 0.308 e. The first-order valence-corrected chi connectivity index (χ1v) is 23.9. The molecule has 0 atom stereocenters. The summed E-state index contributed by atoms with van der Waals surface area (Å²) in [6, 6.07) is 20.5. The Morgan fingerprint density at radius 3 is 1.52 bits per heavy atom. The summed E-state index contributed by atoms with van der Waals surface area (Å²) < 4.78 is 5.24. The minimum absolute atomic E-state index is 0.0100. The van der Waals surface area contributed by atoms with Crippen LogP contribution in [0.1, 0.15) is 178 Å². The van der Waals surface area contributed by atoms with Crippen molar-refractivity contribution in [3.05, 3.63) is 87.7 Å². The van der Waals surface area contributed by atoms with Crippen molar-refractivity contribution < 1.29 is 0 Å². The maximum Gasteiger partial charge on any atom is 0.0995 e. The molecule has 3 fully saturated rings. The number of rotatable bonds is 0. The number of pyridine rings is 1. The van der Waals surface area contributed by atoms with Gasteiger partial charge in [-0.15, -0.1) is 0 Å². The van der Waals surface area contributed by atoms with Gasteiger partial charge in [0.05, 0.1) is 56.6 Å². The number of nitrogens with zero attached hydrogens (tertiary/aromatic N) is 4. The lowest BCUT2D eigenvalue weighted by atomic mass is 9.53. The van der Waals surface area contributed by atoms with E-state index in [4.69, 9.17) is 4.98 Å². The van der Waals surface area contributed by atoms with Gasteiger partial charge in [0.1, 0.15) is 0 Å². The third-order valence-corrected chi connectivity index (χ3v) is 18.6. The number of benzene rings is 4. The highest BCUT2D eigenvalue weighted by molar-refractivity contribution is 6.30. The van der Waals surface area contributed by atoms with Gasteiger partial charge in [0.15, 0.2) is 0 Å². The molecule has 6 aliphatic rings. The van der Waals surface area contributed by atoms with E-state index in [9.17, 15) is 5.26 Å². The van der Waals surface area contributed by atoms with E-state index < -0.39 is 0 Å². The molecule has 0 radical (unpaired) electrons. The van der Waals surface area contributed by atoms with Gasteiger partial charge in [-0.25, -0.2) is 0 Å². The fourth-order valence-electron chi connectivity index (χ4n) is 15.4. The highest BCUT2D eigenvalue weighted by Gasteiger charge is 2.56. The molecule has 4 heteroatoms. The van der Waals surface area contributed by atoms with Crippen LogP contribution in [0.15, 0.2) is 48.7 Å². The van der Waals surface area contributed by atoms with E-state index >= 15 is 0 Å². The van der Waals surface area contributed by atoms with Crippen molar-refractivity contribution in [3.63, 3.8) is 0 Å². The molecule has 306 valence electrons. The summed E-state index contributed by atoms with van der Waals surface area (Å²) in [5.41, 5.74) is 18.1. The first kappa shape index (κ1) is 35.7. The molecule has 2 spiro atoms. The van der Waals surface area contributed by atoms with Gasteiger partial charge >= 0.3 is 0 Å². The van der Waals surface area contributed by atoms with Crippen LogP contribution in [-0.2, 0) is 32.5 Å². The summed E-state index contributed by atoms with van der Waals surface area (Å²) in [6.07, 6.45) is 18.6. The SMILES string of the molecule is CC(C)(C)c1cc2c3cc4c(cc3n3c5cnc6c(c5c(c1)c23)C1(C)CCC6(C)CC1)c1cc(C(C)(C)C)cc2c3c5c(c(C#N)cc3n4c12)C1(CCCC1)CC51CCCC1. The monoisotopic (exact) mass is 798 g/mol. The predicted octanol–water partition coefficient (Wildman–Crippen LogP) is 15.0. The zero-order valence-electron chi connectivity index (χ0n) is 37.6. The molecule has 6 aliphatic carbocycles. The Morgan fingerprint density at radius 1 is 0.525 bits per heavy atom. The van der Waals surface area contributed by atoms with Gasteiger partial charge in [-0.05, 0) is 155 Å². The number of hydrogen-bond donors (Lipinski definition) is 0. The first-order chi connectivity index (χ1) is 29.1. The number of nitriles is 1. The summed E-state index contributed by atoms with van der Waals surface area (Å²) in [5, 5.41) is 22.3. The van der Waals surface area contributed by atoms with Gasteiger partial charge in [0.25, 0.3) is 0 Å². The highest BCUT2D eigenvalue weighted by atomic mass is 15.0. The van der Waals surface area contributed by atoms with Crippen LogP contribution in [-0.4, -0.2) is 13.8 Å². The van der Waals surface area contributed by atoms with Crippen LogP contribution < -0.4 is 0 Å². The molecule has 0 amide bonds. The second-order valence-corrected chi connectivity index (χ2v) is 24.1. The van der Waals surface area contributed by atoms with E-state index in [0.717, 1.165) is 5.56 Å². The zero-order valence-corrected chi connectivity index (χ0v) is 37.6. The summed E-state index contributed by atoms with van der Waals surface area (Å²) in [6.45, 7) is 19.3. The minimum Gasteiger partial charge on any atom is -0.308 e. The third kappa shape index (κ3) is 4.04. The van der Waals surface area contributed by atoms with Gasteiger partial charge in [-0.3, -0.25) is 4.98 Å². The molecule has 9 aromatic rings. The van der Waals surface area contributed by atoms with Crippen LogP contribution in [0.2, 0.25) is 0 Å². The van der Waals surface area contributed by atoms with Crippen molar-refractivity contribution in [2.45, 2.75) is 171 Å². The zero-order chi connectivity index (χ0) is 41.5. The lowest BCUT2D eigenvalue weighted by Crippen LogP contribution is -2.45. The predicted molar refractivity (Wildman–Crippen MR) is 254 cm³/mol. The van der Waals surface area contributed by atoms with E-state index in [1.54, 1.807) is 5.56 Å². The van der Waals surface area contributed by atoms with Gasteiger partial charge in [-0.1, -0.05) is 81.1 Å². The Bertz CT molecular complexity index is 3510. The molecule has 3 saturated carbocycles. The standard InChI is InChI=1S/C57H58N4/c1-52(2,3)32-22-36-34-27-41-35(37-23-33(53(4,5)6)25-39-45-43(61(41)50(37)39)29-59-51-48(45)54(7)17-19-55(51,8)20-18-54)26-40(34)60-42-21-31(28-58)46-47(44(42)38(24-32)49(36)60)57(15-11-12-16-57)30-56(46)13-9-10-14-56/h21-27,29H,9-20,30H2,1-8H3. The van der Waals surface area contributed by atoms with Crippen molar-refractivity contribution in [3.8, 4) is 6.07 Å². The van der Waals surface area contributed by atoms with Crippen molar-refractivity contribution in [1.29, 1.82) is 5.26 Å². The molecule has 5 aromatic heterocycles. The Hall–Kier alpha value is -4.88. The normalized spacial score (nSPS) is 24.6. The van der Waals surface area contributed by atoms with Crippen LogP contribution in [0.25, 0.3) is 76.2 Å². The lowest BCUT2D eigenvalue weighted by Gasteiger charge is -2.51. The first-order valence-electron chi connectivity index (χ1n) is 23.9. The van der Waals surface area contributed by atoms with Crippen LogP contribution >= 0.6 is 0 Å². The maximum absolute atomic E-state index is 11.2. The molecule has 5 heterocycles. The Kier molecular flexibility index (Phi) is 6.23. The molecule has 4 nitrogen and oxygen atoms in total. The third-order valence-electron chi connectivity index (χ3n) is 18.6. The Labute approximate surface area is 359 Å². The molecule has 0 unspecified atom stereocenters. The van der Waals surface area contributed by atoms with Gasteiger partial charge in [0.2, 0.25) is 0 Å². The van der Waals surface area contributed by atoms with Gasteiger partial charge in [0, 0.05) is 48.5 Å². The average molecular weight is 799 g/mol. The fourth-order valence-corrected chi connectivity index (χ4v) is 15.4. The minimum atomic E-state index is -0.0225. The fraction of sp³-hybridized carbons (Fsp3) is 0.474. The molecule has 0 N–H and O–H groups in total. The van der Waals surface area contributed by atoms with Crippen molar-refractivity contribution >= 4 is 76.2 Å². The summed E-state index contributed by atoms with van der Waals surface area (Å²) in [5.74, 6) is 0. The highest BCUT2D eigenvalue weighted by Crippen LogP contribution is 2.66. The smallest absolute Gasteiger partial charge is 0.0995 e. The van der Waals surface area contributed by atoms with E-state index in [0.29, 0.717) is 0 Å². The number of hydrogen-bond acceptors (Lipinski definition) is 2. The summed E-state index contributed by atoms with van der Waals surface area (Å²) in [4.78, 5) is 5.47. The van der Waals surface area contributed by atoms with Crippen LogP contribution in [0.3, 0.4) is 0 Å². The number of aromatic nitrogens is 3. The molecule has 4 aromatic carbocycles. The van der Waals surface area contributed by atoms with Crippen LogP contribution in [0.4, 0.5) is 0 Å². The second kappa shape index (κ2) is 10.7. The van der Waals surface area contributed by atoms with Gasteiger partial charge in [-0.2, -0.15) is 5.26 Å². The molecular weight excluding hydrogens is 741 g/mol. The van der Waals surface area contributed by atoms with Crippen LogP contribution in [0.5, 0.6) is 0 Å². The lowest BCUT2D eigenvalue weighted by molar-refractivity contribution is 0.184. The number of fused-ring (bicyclic) bond motifs is 18. The van der Waals surface area contributed by atoms with E-state index in [1.165, 1.54) is 188 Å². The van der Waals surface area contributed by atoms with Gasteiger partial charge < -0.3 is 8.80 Å². The van der Waals surface area contributed by atoms with E-state index in [2.05, 4.69) is 119 Å². The molecule has 0 saturated heterocycles. The Balaban J connectivity index is 1.18. The Morgan fingerprint density at radius 2 is 1.00 bits per heavy atom. The summed E-state index contributed by atoms with van der Waals surface area (Å²) >= 11 is 0. The second-order valence-electron chi connectivity index (χ2n) is 24.1. The van der Waals surface area contributed by atoms with Crippen molar-refractivity contribution in [2.24, 2.45) is 0 Å². The summed E-state index contributed by atoms with van der Waals surface area (Å²) in [7, 11) is 0. The van der Waals surface area contributed by atoms with Crippen LogP contribution in [0, 0.1) is 11.3 Å². The topological polar surface area (TPSA) is 45.5 Å². The van der Waals surface area contributed by atoms with E-state index in [1.807, 2.05) is 0 Å². The molecule has 0 aliphatic heterocycles. The average Bonchev–Trinajstić information content (AvgIpc) is 4.10. The molecular formula is C57H58N4. The molecule has 15 rings (SSSR count). The van der Waals surface area contributed by atoms with Crippen molar-refractivity contribution in [2.75, 3.05) is 0 Å². The maximum atomic E-state index is 11.2. The molecule has 61 heavy (non-hydrogen) atoms.